The van der Waals surface area contributed by atoms with Crippen molar-refractivity contribution in [3.8, 4) is 0 Å². The fourth-order valence-corrected chi connectivity index (χ4v) is 1.79. The van der Waals surface area contributed by atoms with E-state index in [0.717, 1.165) is 0 Å². The van der Waals surface area contributed by atoms with Crippen LogP contribution < -0.4 is 0 Å². The SMILES string of the molecule is C=CC1C(/C=C/C(=O)OC)C1(C)C. The molecule has 0 aromatic carbocycles. The van der Waals surface area contributed by atoms with Crippen molar-refractivity contribution < 1.29 is 9.53 Å². The molecule has 2 unspecified atom stereocenters. The first-order valence-electron chi connectivity index (χ1n) is 4.42. The monoisotopic (exact) mass is 180 g/mol. The first-order chi connectivity index (χ1) is 6.04. The molecular weight excluding hydrogens is 164 g/mol. The van der Waals surface area contributed by atoms with Crippen LogP contribution in [0.4, 0.5) is 0 Å². The Labute approximate surface area is 79.3 Å². The lowest BCUT2D eigenvalue weighted by Crippen LogP contribution is -1.94. The lowest BCUT2D eigenvalue weighted by Gasteiger charge is -1.96. The molecule has 0 spiro atoms. The van der Waals surface area contributed by atoms with Crippen molar-refractivity contribution in [2.75, 3.05) is 7.11 Å². The minimum absolute atomic E-state index is 0.256. The highest BCUT2D eigenvalue weighted by molar-refractivity contribution is 5.81. The summed E-state index contributed by atoms with van der Waals surface area (Å²) >= 11 is 0. The van der Waals surface area contributed by atoms with E-state index in [2.05, 4.69) is 25.2 Å². The van der Waals surface area contributed by atoms with Crippen molar-refractivity contribution in [1.29, 1.82) is 0 Å². The van der Waals surface area contributed by atoms with Crippen LogP contribution in [-0.2, 0) is 9.53 Å². The summed E-state index contributed by atoms with van der Waals surface area (Å²) < 4.78 is 4.51. The molecule has 2 heteroatoms. The number of carbonyl (C=O) groups is 1. The van der Waals surface area contributed by atoms with Gasteiger partial charge in [-0.25, -0.2) is 4.79 Å². The molecular formula is C11H16O2. The van der Waals surface area contributed by atoms with E-state index in [1.54, 1.807) is 0 Å². The Hall–Kier alpha value is -1.05. The molecule has 1 aliphatic carbocycles. The largest absolute Gasteiger partial charge is 0.466 e. The number of carbonyl (C=O) groups excluding carboxylic acids is 1. The van der Waals surface area contributed by atoms with Gasteiger partial charge < -0.3 is 4.74 Å². The second-order valence-electron chi connectivity index (χ2n) is 3.99. The van der Waals surface area contributed by atoms with Gasteiger partial charge >= 0.3 is 5.97 Å². The lowest BCUT2D eigenvalue weighted by molar-refractivity contribution is -0.134. The second-order valence-corrected chi connectivity index (χ2v) is 3.99. The molecule has 1 fully saturated rings. The van der Waals surface area contributed by atoms with Gasteiger partial charge in [-0.1, -0.05) is 26.0 Å². The van der Waals surface area contributed by atoms with Gasteiger partial charge in [-0.05, 0) is 17.3 Å². The highest BCUT2D eigenvalue weighted by Crippen LogP contribution is 2.59. The molecule has 0 saturated heterocycles. The predicted octanol–water partition coefficient (Wildman–Crippen LogP) is 2.17. The number of rotatable bonds is 3. The molecule has 0 aromatic heterocycles. The van der Waals surface area contributed by atoms with Crippen LogP contribution in [0, 0.1) is 17.3 Å². The number of methoxy groups -OCH3 is 1. The molecule has 0 heterocycles. The molecule has 2 atom stereocenters. The van der Waals surface area contributed by atoms with Crippen LogP contribution in [-0.4, -0.2) is 13.1 Å². The third-order valence-corrected chi connectivity index (χ3v) is 2.89. The summed E-state index contributed by atoms with van der Waals surface area (Å²) in [5, 5.41) is 0. The fraction of sp³-hybridized carbons (Fsp3) is 0.545. The van der Waals surface area contributed by atoms with E-state index in [1.165, 1.54) is 13.2 Å². The molecule has 0 amide bonds. The first-order valence-corrected chi connectivity index (χ1v) is 4.42. The average Bonchev–Trinajstić information content (AvgIpc) is 2.63. The molecule has 1 aliphatic rings. The number of esters is 1. The Morgan fingerprint density at radius 1 is 1.46 bits per heavy atom. The van der Waals surface area contributed by atoms with Crippen LogP contribution in [0.1, 0.15) is 13.8 Å². The Bertz CT molecular complexity index is 251. The quantitative estimate of drug-likeness (QED) is 0.378. The molecule has 0 bridgehead atoms. The van der Waals surface area contributed by atoms with Crippen LogP contribution in [0.3, 0.4) is 0 Å². The summed E-state index contributed by atoms with van der Waals surface area (Å²) in [6.07, 6.45) is 5.36. The molecule has 72 valence electrons. The van der Waals surface area contributed by atoms with Crippen LogP contribution in [0.25, 0.3) is 0 Å². The van der Waals surface area contributed by atoms with Crippen molar-refractivity contribution in [3.05, 3.63) is 24.8 Å². The van der Waals surface area contributed by atoms with Crippen molar-refractivity contribution in [2.45, 2.75) is 13.8 Å². The minimum atomic E-state index is -0.287. The van der Waals surface area contributed by atoms with Gasteiger partial charge in [-0.2, -0.15) is 0 Å². The van der Waals surface area contributed by atoms with Crippen LogP contribution in [0.2, 0.25) is 0 Å². The zero-order valence-electron chi connectivity index (χ0n) is 8.41. The van der Waals surface area contributed by atoms with Crippen LogP contribution in [0.5, 0.6) is 0 Å². The maximum absolute atomic E-state index is 10.8. The molecule has 0 N–H and O–H groups in total. The van der Waals surface area contributed by atoms with E-state index >= 15 is 0 Å². The Balaban J connectivity index is 2.54. The Morgan fingerprint density at radius 3 is 2.46 bits per heavy atom. The number of allylic oxidation sites excluding steroid dienone is 2. The van der Waals surface area contributed by atoms with Crippen LogP contribution in [0.15, 0.2) is 24.8 Å². The maximum Gasteiger partial charge on any atom is 0.330 e. The van der Waals surface area contributed by atoms with Crippen molar-refractivity contribution in [2.24, 2.45) is 17.3 Å². The van der Waals surface area contributed by atoms with Gasteiger partial charge in [0.2, 0.25) is 0 Å². The predicted molar refractivity (Wildman–Crippen MR) is 52.1 cm³/mol. The maximum atomic E-state index is 10.8. The summed E-state index contributed by atoms with van der Waals surface area (Å²) in [6.45, 7) is 8.11. The van der Waals surface area contributed by atoms with Crippen LogP contribution >= 0.6 is 0 Å². The molecule has 0 aromatic rings. The topological polar surface area (TPSA) is 26.3 Å². The summed E-state index contributed by atoms with van der Waals surface area (Å²) in [6, 6.07) is 0. The van der Waals surface area contributed by atoms with E-state index in [0.29, 0.717) is 11.8 Å². The summed E-state index contributed by atoms with van der Waals surface area (Å²) in [5.41, 5.74) is 0.256. The molecule has 0 radical (unpaired) electrons. The molecule has 0 aliphatic heterocycles. The summed E-state index contributed by atoms with van der Waals surface area (Å²) in [7, 11) is 1.38. The van der Waals surface area contributed by atoms with E-state index in [-0.39, 0.29) is 11.4 Å². The molecule has 1 saturated carbocycles. The Morgan fingerprint density at radius 2 is 2.08 bits per heavy atom. The molecule has 1 rings (SSSR count). The number of hydrogen-bond donors (Lipinski definition) is 0. The fourth-order valence-electron chi connectivity index (χ4n) is 1.79. The van der Waals surface area contributed by atoms with E-state index < -0.39 is 0 Å². The van der Waals surface area contributed by atoms with Gasteiger partial charge in [-0.15, -0.1) is 6.58 Å². The second kappa shape index (κ2) is 3.36. The van der Waals surface area contributed by atoms with Crippen molar-refractivity contribution >= 4 is 5.97 Å². The van der Waals surface area contributed by atoms with Gasteiger partial charge in [0, 0.05) is 6.08 Å². The smallest absolute Gasteiger partial charge is 0.330 e. The van der Waals surface area contributed by atoms with E-state index in [9.17, 15) is 4.79 Å². The Kier molecular flexibility index (Phi) is 2.60. The third kappa shape index (κ3) is 1.82. The normalized spacial score (nSPS) is 30.1. The minimum Gasteiger partial charge on any atom is -0.466 e. The van der Waals surface area contributed by atoms with Gasteiger partial charge in [-0.3, -0.25) is 0 Å². The van der Waals surface area contributed by atoms with Gasteiger partial charge in [0.05, 0.1) is 7.11 Å². The zero-order chi connectivity index (χ0) is 10.1. The summed E-state index contributed by atoms with van der Waals surface area (Å²) in [5.74, 6) is 0.642. The first kappa shape index (κ1) is 10.0. The molecule has 2 nitrogen and oxygen atoms in total. The van der Waals surface area contributed by atoms with Crippen molar-refractivity contribution in [1.82, 2.24) is 0 Å². The molecule has 13 heavy (non-hydrogen) atoms. The van der Waals surface area contributed by atoms with Gasteiger partial charge in [0.1, 0.15) is 0 Å². The highest BCUT2D eigenvalue weighted by Gasteiger charge is 2.53. The van der Waals surface area contributed by atoms with Gasteiger partial charge in [0.15, 0.2) is 0 Å². The van der Waals surface area contributed by atoms with E-state index in [1.807, 2.05) is 12.2 Å². The number of hydrogen-bond acceptors (Lipinski definition) is 2. The van der Waals surface area contributed by atoms with Crippen molar-refractivity contribution in [3.63, 3.8) is 0 Å². The zero-order valence-corrected chi connectivity index (χ0v) is 8.41. The highest BCUT2D eigenvalue weighted by atomic mass is 16.5. The van der Waals surface area contributed by atoms with Gasteiger partial charge in [0.25, 0.3) is 0 Å². The number of ether oxygens (including phenoxy) is 1. The standard InChI is InChI=1S/C11H16O2/c1-5-8-9(11(8,2)3)6-7-10(12)13-4/h5-9H,1H2,2-4H3/b7-6+. The summed E-state index contributed by atoms with van der Waals surface area (Å²) in [4.78, 5) is 10.8. The van der Waals surface area contributed by atoms with E-state index in [4.69, 9.17) is 0 Å². The lowest BCUT2D eigenvalue weighted by atomic mass is 10.1. The third-order valence-electron chi connectivity index (χ3n) is 2.89. The average molecular weight is 180 g/mol.